The molecule has 1 atom stereocenters. The van der Waals surface area contributed by atoms with E-state index in [4.69, 9.17) is 5.11 Å². The van der Waals surface area contributed by atoms with Gasteiger partial charge in [-0.2, -0.15) is 0 Å². The first-order valence-corrected chi connectivity index (χ1v) is 4.14. The highest BCUT2D eigenvalue weighted by Gasteiger charge is 1.96. The van der Waals surface area contributed by atoms with Crippen LogP contribution in [0.2, 0.25) is 0 Å². The zero-order valence-electron chi connectivity index (χ0n) is 7.01. The van der Waals surface area contributed by atoms with E-state index in [0.29, 0.717) is 0 Å². The minimum absolute atomic E-state index is 0.0958. The van der Waals surface area contributed by atoms with Crippen molar-refractivity contribution in [1.82, 2.24) is 0 Å². The Morgan fingerprint density at radius 3 is 2.50 bits per heavy atom. The SMILES string of the molecule is CCC=CCCC(O)CC. The first-order valence-electron chi connectivity index (χ1n) is 4.14. The summed E-state index contributed by atoms with van der Waals surface area (Å²) >= 11 is 0. The smallest absolute Gasteiger partial charge is 0.0540 e. The van der Waals surface area contributed by atoms with Gasteiger partial charge in [0.15, 0.2) is 0 Å². The topological polar surface area (TPSA) is 20.2 Å². The Balaban J connectivity index is 3.10. The van der Waals surface area contributed by atoms with Crippen LogP contribution in [-0.4, -0.2) is 11.2 Å². The van der Waals surface area contributed by atoms with Gasteiger partial charge >= 0.3 is 0 Å². The van der Waals surface area contributed by atoms with Crippen LogP contribution in [0.15, 0.2) is 12.2 Å². The monoisotopic (exact) mass is 142 g/mol. The van der Waals surface area contributed by atoms with Crippen molar-refractivity contribution < 1.29 is 5.11 Å². The Morgan fingerprint density at radius 2 is 2.00 bits per heavy atom. The molecule has 0 bridgehead atoms. The van der Waals surface area contributed by atoms with Crippen molar-refractivity contribution in [1.29, 1.82) is 0 Å². The van der Waals surface area contributed by atoms with E-state index < -0.39 is 0 Å². The molecule has 0 fully saturated rings. The predicted octanol–water partition coefficient (Wildman–Crippen LogP) is 2.50. The quantitative estimate of drug-likeness (QED) is 0.585. The summed E-state index contributed by atoms with van der Waals surface area (Å²) in [6.45, 7) is 4.13. The molecule has 1 unspecified atom stereocenters. The first-order chi connectivity index (χ1) is 4.81. The van der Waals surface area contributed by atoms with Crippen LogP contribution < -0.4 is 0 Å². The molecule has 0 saturated carbocycles. The molecule has 0 aromatic rings. The lowest BCUT2D eigenvalue weighted by molar-refractivity contribution is 0.161. The molecule has 0 spiro atoms. The van der Waals surface area contributed by atoms with Crippen LogP contribution >= 0.6 is 0 Å². The van der Waals surface area contributed by atoms with E-state index in [0.717, 1.165) is 25.7 Å². The van der Waals surface area contributed by atoms with Crippen LogP contribution in [0.5, 0.6) is 0 Å². The fraction of sp³-hybridized carbons (Fsp3) is 0.778. The van der Waals surface area contributed by atoms with E-state index >= 15 is 0 Å². The standard InChI is InChI=1S/C9H18O/c1-3-5-6-7-8-9(10)4-2/h5-6,9-10H,3-4,7-8H2,1-2H3. The van der Waals surface area contributed by atoms with Crippen LogP contribution in [0.1, 0.15) is 39.5 Å². The van der Waals surface area contributed by atoms with Crippen LogP contribution in [0.25, 0.3) is 0 Å². The van der Waals surface area contributed by atoms with Crippen molar-refractivity contribution in [3.8, 4) is 0 Å². The number of allylic oxidation sites excluding steroid dienone is 2. The van der Waals surface area contributed by atoms with Crippen LogP contribution in [0, 0.1) is 0 Å². The van der Waals surface area contributed by atoms with E-state index in [1.165, 1.54) is 0 Å². The normalized spacial score (nSPS) is 14.3. The molecular formula is C9H18O. The van der Waals surface area contributed by atoms with Gasteiger partial charge in [-0.3, -0.25) is 0 Å². The van der Waals surface area contributed by atoms with E-state index in [-0.39, 0.29) is 6.10 Å². The van der Waals surface area contributed by atoms with Crippen LogP contribution in [0.4, 0.5) is 0 Å². The third-order valence-corrected chi connectivity index (χ3v) is 1.54. The predicted molar refractivity (Wildman–Crippen MR) is 45.0 cm³/mol. The van der Waals surface area contributed by atoms with E-state index in [1.54, 1.807) is 0 Å². The van der Waals surface area contributed by atoms with Crippen LogP contribution in [-0.2, 0) is 0 Å². The number of aliphatic hydroxyl groups excluding tert-OH is 1. The summed E-state index contributed by atoms with van der Waals surface area (Å²) in [4.78, 5) is 0. The zero-order chi connectivity index (χ0) is 7.82. The molecule has 1 heteroatoms. The second kappa shape index (κ2) is 6.81. The Bertz CT molecular complexity index is 86.7. The summed E-state index contributed by atoms with van der Waals surface area (Å²) < 4.78 is 0. The summed E-state index contributed by atoms with van der Waals surface area (Å²) in [5.74, 6) is 0. The molecule has 0 aliphatic rings. The van der Waals surface area contributed by atoms with Gasteiger partial charge < -0.3 is 5.11 Å². The minimum Gasteiger partial charge on any atom is -0.393 e. The highest BCUT2D eigenvalue weighted by Crippen LogP contribution is 2.01. The maximum Gasteiger partial charge on any atom is 0.0540 e. The second-order valence-electron chi connectivity index (χ2n) is 2.52. The van der Waals surface area contributed by atoms with E-state index in [2.05, 4.69) is 19.1 Å². The molecule has 0 aromatic heterocycles. The molecule has 0 saturated heterocycles. The maximum absolute atomic E-state index is 9.12. The van der Waals surface area contributed by atoms with Gasteiger partial charge in [0.25, 0.3) is 0 Å². The first kappa shape index (κ1) is 9.70. The third-order valence-electron chi connectivity index (χ3n) is 1.54. The molecular weight excluding hydrogens is 124 g/mol. The van der Waals surface area contributed by atoms with Crippen LogP contribution in [0.3, 0.4) is 0 Å². The van der Waals surface area contributed by atoms with Gasteiger partial charge in [-0.25, -0.2) is 0 Å². The molecule has 1 nitrogen and oxygen atoms in total. The average Bonchev–Trinajstić information content (AvgIpc) is 1.98. The molecule has 0 aromatic carbocycles. The molecule has 0 rings (SSSR count). The Kier molecular flexibility index (Phi) is 6.61. The highest BCUT2D eigenvalue weighted by atomic mass is 16.3. The molecule has 10 heavy (non-hydrogen) atoms. The van der Waals surface area contributed by atoms with Crippen molar-refractivity contribution in [3.63, 3.8) is 0 Å². The van der Waals surface area contributed by atoms with E-state index in [1.807, 2.05) is 6.92 Å². The molecule has 1 N–H and O–H groups in total. The molecule has 0 aliphatic carbocycles. The Labute approximate surface area is 63.8 Å². The summed E-state index contributed by atoms with van der Waals surface area (Å²) in [6.07, 6.45) is 8.08. The van der Waals surface area contributed by atoms with Gasteiger partial charge in [0.1, 0.15) is 0 Å². The molecule has 0 radical (unpaired) electrons. The fourth-order valence-corrected chi connectivity index (χ4v) is 0.777. The van der Waals surface area contributed by atoms with Crippen molar-refractivity contribution in [2.24, 2.45) is 0 Å². The zero-order valence-corrected chi connectivity index (χ0v) is 7.01. The molecule has 0 aliphatic heterocycles. The average molecular weight is 142 g/mol. The van der Waals surface area contributed by atoms with Gasteiger partial charge in [-0.05, 0) is 25.7 Å². The lowest BCUT2D eigenvalue weighted by atomic mass is 10.1. The van der Waals surface area contributed by atoms with Gasteiger partial charge in [0.2, 0.25) is 0 Å². The minimum atomic E-state index is -0.0958. The largest absolute Gasteiger partial charge is 0.393 e. The third kappa shape index (κ3) is 5.83. The van der Waals surface area contributed by atoms with Gasteiger partial charge in [-0.15, -0.1) is 0 Å². The van der Waals surface area contributed by atoms with Gasteiger partial charge in [0, 0.05) is 0 Å². The second-order valence-corrected chi connectivity index (χ2v) is 2.52. The molecule has 0 amide bonds. The number of aliphatic hydroxyl groups is 1. The molecule has 0 heterocycles. The van der Waals surface area contributed by atoms with E-state index in [9.17, 15) is 0 Å². The van der Waals surface area contributed by atoms with Gasteiger partial charge in [-0.1, -0.05) is 26.0 Å². The summed E-state index contributed by atoms with van der Waals surface area (Å²) in [7, 11) is 0. The van der Waals surface area contributed by atoms with Crippen molar-refractivity contribution in [2.75, 3.05) is 0 Å². The lowest BCUT2D eigenvalue weighted by Gasteiger charge is -2.02. The maximum atomic E-state index is 9.12. The highest BCUT2D eigenvalue weighted by molar-refractivity contribution is 4.80. The van der Waals surface area contributed by atoms with Crippen molar-refractivity contribution >= 4 is 0 Å². The summed E-state index contributed by atoms with van der Waals surface area (Å²) in [5.41, 5.74) is 0. The van der Waals surface area contributed by atoms with Crippen molar-refractivity contribution in [3.05, 3.63) is 12.2 Å². The number of rotatable bonds is 5. The Hall–Kier alpha value is -0.300. The summed E-state index contributed by atoms with van der Waals surface area (Å²) in [6, 6.07) is 0. The number of hydrogen-bond donors (Lipinski definition) is 1. The molecule has 60 valence electrons. The lowest BCUT2D eigenvalue weighted by Crippen LogP contribution is -2.02. The Morgan fingerprint density at radius 1 is 1.30 bits per heavy atom. The van der Waals surface area contributed by atoms with Crippen molar-refractivity contribution in [2.45, 2.75) is 45.6 Å². The fourth-order valence-electron chi connectivity index (χ4n) is 0.777. The number of hydrogen-bond acceptors (Lipinski definition) is 1. The van der Waals surface area contributed by atoms with Gasteiger partial charge in [0.05, 0.1) is 6.10 Å². The summed E-state index contributed by atoms with van der Waals surface area (Å²) in [5, 5.41) is 9.12.